The molecule has 0 spiro atoms. The van der Waals surface area contributed by atoms with Crippen LogP contribution in [0.3, 0.4) is 0 Å². The van der Waals surface area contributed by atoms with E-state index in [1.807, 2.05) is 0 Å². The van der Waals surface area contributed by atoms with Crippen LogP contribution in [0, 0.1) is 0 Å². The summed E-state index contributed by atoms with van der Waals surface area (Å²) in [7, 11) is 0. The van der Waals surface area contributed by atoms with Gasteiger partial charge in [-0.2, -0.15) is 8.78 Å². The Kier molecular flexibility index (Phi) is 3.36. The van der Waals surface area contributed by atoms with Crippen molar-refractivity contribution in [2.45, 2.75) is 17.7 Å². The summed E-state index contributed by atoms with van der Waals surface area (Å²) < 4.78 is 23.7. The minimum absolute atomic E-state index is 0.124. The Hall–Kier alpha value is -0.970. The summed E-state index contributed by atoms with van der Waals surface area (Å²) in [4.78, 5) is 14.5. The van der Waals surface area contributed by atoms with Gasteiger partial charge in [0.05, 0.1) is 0 Å². The Morgan fingerprint density at radius 3 is 2.62 bits per heavy atom. The van der Waals surface area contributed by atoms with Crippen LogP contribution in [0.25, 0.3) is 0 Å². The lowest BCUT2D eigenvalue weighted by molar-refractivity contribution is 0.101. The predicted molar refractivity (Wildman–Crippen MR) is 46.1 cm³/mol. The fourth-order valence-electron chi connectivity index (χ4n) is 0.750. The van der Waals surface area contributed by atoms with Gasteiger partial charge in [-0.25, -0.2) is 4.98 Å². The fraction of sp³-hybridized carbons (Fsp3) is 0.250. The highest BCUT2D eigenvalue weighted by Gasteiger charge is 2.06. The summed E-state index contributed by atoms with van der Waals surface area (Å²) in [6.45, 7) is 1.40. The van der Waals surface area contributed by atoms with Crippen LogP contribution in [-0.4, -0.2) is 16.5 Å². The number of alkyl halides is 2. The maximum absolute atomic E-state index is 11.8. The monoisotopic (exact) mass is 203 g/mol. The third kappa shape index (κ3) is 3.10. The number of Topliss-reactive ketones (excluding diaryl/α,β-unsaturated/α-hetero) is 1. The molecule has 0 unspecified atom stereocenters. The lowest BCUT2D eigenvalue weighted by Gasteiger charge is -1.99. The van der Waals surface area contributed by atoms with E-state index in [4.69, 9.17) is 0 Å². The van der Waals surface area contributed by atoms with E-state index in [-0.39, 0.29) is 10.8 Å². The number of halogens is 2. The first-order valence-electron chi connectivity index (χ1n) is 3.51. The van der Waals surface area contributed by atoms with Gasteiger partial charge in [0.1, 0.15) is 5.03 Å². The van der Waals surface area contributed by atoms with Gasteiger partial charge in [0.15, 0.2) is 5.78 Å². The first-order valence-corrected chi connectivity index (χ1v) is 4.39. The maximum Gasteiger partial charge on any atom is 0.290 e. The van der Waals surface area contributed by atoms with Crippen molar-refractivity contribution in [2.75, 3.05) is 0 Å². The number of carbonyl (C=O) groups excluding carboxylic acids is 1. The minimum atomic E-state index is -2.48. The number of pyridine rings is 1. The summed E-state index contributed by atoms with van der Waals surface area (Å²) in [6.07, 6.45) is 1.30. The standard InChI is InChI=1S/C8H7F2NOS/c1-5(12)6-2-3-7(11-4-6)13-8(9)10/h2-4,8H,1H3. The summed E-state index contributed by atoms with van der Waals surface area (Å²) in [5.41, 5.74) is 0.429. The Labute approximate surface area is 78.4 Å². The molecule has 5 heteroatoms. The highest BCUT2D eigenvalue weighted by Crippen LogP contribution is 2.22. The molecular weight excluding hydrogens is 196 g/mol. The maximum atomic E-state index is 11.8. The van der Waals surface area contributed by atoms with Gasteiger partial charge in [0.25, 0.3) is 5.76 Å². The first kappa shape index (κ1) is 10.1. The van der Waals surface area contributed by atoms with E-state index < -0.39 is 5.76 Å². The largest absolute Gasteiger partial charge is 0.294 e. The molecular formula is C8H7F2NOS. The van der Waals surface area contributed by atoms with E-state index in [2.05, 4.69) is 4.98 Å². The van der Waals surface area contributed by atoms with Gasteiger partial charge in [0, 0.05) is 11.8 Å². The summed E-state index contributed by atoms with van der Waals surface area (Å²) in [5.74, 6) is -2.60. The van der Waals surface area contributed by atoms with E-state index in [1.165, 1.54) is 25.3 Å². The third-order valence-corrected chi connectivity index (χ3v) is 2.01. The lowest BCUT2D eigenvalue weighted by Crippen LogP contribution is -1.93. The number of hydrogen-bond donors (Lipinski definition) is 0. The molecule has 0 aliphatic rings. The van der Waals surface area contributed by atoms with Gasteiger partial charge in [0.2, 0.25) is 0 Å². The smallest absolute Gasteiger partial charge is 0.290 e. The SMILES string of the molecule is CC(=O)c1ccc(SC(F)F)nc1. The van der Waals surface area contributed by atoms with E-state index in [1.54, 1.807) is 0 Å². The van der Waals surface area contributed by atoms with Crippen LogP contribution >= 0.6 is 11.8 Å². The molecule has 1 rings (SSSR count). The predicted octanol–water partition coefficient (Wildman–Crippen LogP) is 2.60. The van der Waals surface area contributed by atoms with Gasteiger partial charge in [-0.05, 0) is 30.8 Å². The van der Waals surface area contributed by atoms with Crippen molar-refractivity contribution in [2.24, 2.45) is 0 Å². The topological polar surface area (TPSA) is 30.0 Å². The van der Waals surface area contributed by atoms with Crippen LogP contribution in [0.15, 0.2) is 23.4 Å². The summed E-state index contributed by atoms with van der Waals surface area (Å²) in [6, 6.07) is 2.90. The average molecular weight is 203 g/mol. The van der Waals surface area contributed by atoms with E-state index in [0.29, 0.717) is 17.3 Å². The molecule has 0 saturated carbocycles. The molecule has 0 aliphatic heterocycles. The number of carbonyl (C=O) groups is 1. The molecule has 0 atom stereocenters. The second-order valence-electron chi connectivity index (χ2n) is 2.32. The quantitative estimate of drug-likeness (QED) is 0.558. The minimum Gasteiger partial charge on any atom is -0.294 e. The molecule has 0 bridgehead atoms. The molecule has 0 radical (unpaired) electrons. The summed E-state index contributed by atoms with van der Waals surface area (Å²) >= 11 is 0.363. The van der Waals surface area contributed by atoms with Gasteiger partial charge in [-0.15, -0.1) is 0 Å². The normalized spacial score (nSPS) is 10.5. The highest BCUT2D eigenvalue weighted by molar-refractivity contribution is 7.99. The Morgan fingerprint density at radius 2 is 2.23 bits per heavy atom. The van der Waals surface area contributed by atoms with Crippen molar-refractivity contribution in [3.8, 4) is 0 Å². The fourth-order valence-corrected chi connectivity index (χ4v) is 1.19. The number of thioether (sulfide) groups is 1. The average Bonchev–Trinajstić information content (AvgIpc) is 2.04. The molecule has 0 aromatic carbocycles. The molecule has 70 valence electrons. The van der Waals surface area contributed by atoms with Crippen LogP contribution in [0.4, 0.5) is 8.78 Å². The van der Waals surface area contributed by atoms with Crippen LogP contribution < -0.4 is 0 Å². The van der Waals surface area contributed by atoms with Crippen molar-refractivity contribution in [1.82, 2.24) is 4.98 Å². The Morgan fingerprint density at radius 1 is 1.54 bits per heavy atom. The van der Waals surface area contributed by atoms with Crippen molar-refractivity contribution < 1.29 is 13.6 Å². The van der Waals surface area contributed by atoms with Crippen LogP contribution in [0.2, 0.25) is 0 Å². The van der Waals surface area contributed by atoms with E-state index >= 15 is 0 Å². The van der Waals surface area contributed by atoms with Crippen LogP contribution in [0.1, 0.15) is 17.3 Å². The molecule has 1 heterocycles. The molecule has 1 aromatic rings. The zero-order chi connectivity index (χ0) is 9.84. The van der Waals surface area contributed by atoms with Crippen LogP contribution in [-0.2, 0) is 0 Å². The first-order chi connectivity index (χ1) is 6.09. The number of aromatic nitrogens is 1. The molecule has 0 N–H and O–H groups in total. The van der Waals surface area contributed by atoms with Crippen LogP contribution in [0.5, 0.6) is 0 Å². The zero-order valence-corrected chi connectivity index (χ0v) is 7.65. The number of nitrogens with zero attached hydrogens (tertiary/aromatic N) is 1. The van der Waals surface area contributed by atoms with Crippen molar-refractivity contribution >= 4 is 17.5 Å². The van der Waals surface area contributed by atoms with Gasteiger partial charge in [-0.1, -0.05) is 0 Å². The zero-order valence-electron chi connectivity index (χ0n) is 6.83. The second kappa shape index (κ2) is 4.32. The summed E-state index contributed by atoms with van der Waals surface area (Å²) in [5, 5.41) is 0.222. The van der Waals surface area contributed by atoms with E-state index in [9.17, 15) is 13.6 Å². The van der Waals surface area contributed by atoms with Gasteiger partial charge < -0.3 is 0 Å². The van der Waals surface area contributed by atoms with E-state index in [0.717, 1.165) is 0 Å². The molecule has 1 aromatic heterocycles. The van der Waals surface area contributed by atoms with Gasteiger partial charge >= 0.3 is 0 Å². The Bertz CT molecular complexity index is 300. The molecule has 0 fully saturated rings. The molecule has 2 nitrogen and oxygen atoms in total. The third-order valence-electron chi connectivity index (χ3n) is 1.35. The molecule has 0 saturated heterocycles. The number of hydrogen-bond acceptors (Lipinski definition) is 3. The van der Waals surface area contributed by atoms with Crippen molar-refractivity contribution in [3.63, 3.8) is 0 Å². The molecule has 13 heavy (non-hydrogen) atoms. The second-order valence-corrected chi connectivity index (χ2v) is 3.33. The number of ketones is 1. The highest BCUT2D eigenvalue weighted by atomic mass is 32.2. The lowest BCUT2D eigenvalue weighted by atomic mass is 10.2. The molecule has 0 aliphatic carbocycles. The number of rotatable bonds is 3. The van der Waals surface area contributed by atoms with Gasteiger partial charge in [-0.3, -0.25) is 4.79 Å². The Balaban J connectivity index is 2.75. The molecule has 0 amide bonds. The van der Waals surface area contributed by atoms with Crippen molar-refractivity contribution in [3.05, 3.63) is 23.9 Å². The van der Waals surface area contributed by atoms with Crippen molar-refractivity contribution in [1.29, 1.82) is 0 Å².